The fourth-order valence-electron chi connectivity index (χ4n) is 1.24. The Balaban J connectivity index is 2.29. The molecule has 1 aromatic rings. The van der Waals surface area contributed by atoms with Crippen LogP contribution in [0.5, 0.6) is 0 Å². The molecule has 1 amide bonds. The largest absolute Gasteiger partial charge is 0.355 e. The molecule has 0 fully saturated rings. The van der Waals surface area contributed by atoms with Gasteiger partial charge < -0.3 is 10.6 Å². The van der Waals surface area contributed by atoms with Gasteiger partial charge in [0.2, 0.25) is 5.91 Å². The highest BCUT2D eigenvalue weighted by Crippen LogP contribution is 2.24. The summed E-state index contributed by atoms with van der Waals surface area (Å²) in [4.78, 5) is 11.3. The summed E-state index contributed by atoms with van der Waals surface area (Å²) in [5, 5.41) is 7.98. The van der Waals surface area contributed by atoms with Crippen LogP contribution in [0.1, 0.15) is 31.9 Å². The second kappa shape index (κ2) is 6.89. The number of hydrogen-bond acceptors (Lipinski definition) is 3. The highest BCUT2D eigenvalue weighted by molar-refractivity contribution is 7.14. The van der Waals surface area contributed by atoms with Gasteiger partial charge in [0.05, 0.1) is 10.9 Å². The minimum Gasteiger partial charge on any atom is -0.355 e. The Morgan fingerprint density at radius 2 is 2.38 bits per heavy atom. The SMILES string of the molecule is CCCNC(=O)CNC(C)c1csc(Cl)c1. The van der Waals surface area contributed by atoms with Crippen LogP contribution in [0.25, 0.3) is 0 Å². The molecular weight excluding hydrogens is 244 g/mol. The van der Waals surface area contributed by atoms with Gasteiger partial charge in [0.15, 0.2) is 0 Å². The molecule has 0 spiro atoms. The number of hydrogen-bond donors (Lipinski definition) is 2. The van der Waals surface area contributed by atoms with Crippen LogP contribution in [0.2, 0.25) is 4.34 Å². The number of rotatable bonds is 6. The lowest BCUT2D eigenvalue weighted by atomic mass is 10.2. The Morgan fingerprint density at radius 3 is 2.94 bits per heavy atom. The van der Waals surface area contributed by atoms with Gasteiger partial charge in [-0.05, 0) is 30.4 Å². The summed E-state index contributed by atoms with van der Waals surface area (Å²) in [5.74, 6) is 0.0371. The second-order valence-electron chi connectivity index (χ2n) is 3.64. The zero-order chi connectivity index (χ0) is 12.0. The lowest BCUT2D eigenvalue weighted by Crippen LogP contribution is -2.35. The van der Waals surface area contributed by atoms with Crippen molar-refractivity contribution in [3.8, 4) is 0 Å². The minimum atomic E-state index is 0.0371. The van der Waals surface area contributed by atoms with Gasteiger partial charge in [0.1, 0.15) is 0 Å². The monoisotopic (exact) mass is 260 g/mol. The van der Waals surface area contributed by atoms with Gasteiger partial charge in [0, 0.05) is 12.6 Å². The summed E-state index contributed by atoms with van der Waals surface area (Å²) in [6.07, 6.45) is 0.960. The summed E-state index contributed by atoms with van der Waals surface area (Å²) in [6, 6.07) is 2.07. The summed E-state index contributed by atoms with van der Waals surface area (Å²) in [5.41, 5.74) is 1.12. The fraction of sp³-hybridized carbons (Fsp3) is 0.545. The van der Waals surface area contributed by atoms with Crippen molar-refractivity contribution in [2.75, 3.05) is 13.1 Å². The van der Waals surface area contributed by atoms with Gasteiger partial charge in [-0.3, -0.25) is 4.79 Å². The molecule has 5 heteroatoms. The van der Waals surface area contributed by atoms with Gasteiger partial charge >= 0.3 is 0 Å². The first-order valence-corrected chi connectivity index (χ1v) is 6.63. The number of carbonyl (C=O) groups is 1. The van der Waals surface area contributed by atoms with E-state index in [0.717, 1.165) is 22.9 Å². The minimum absolute atomic E-state index is 0.0371. The van der Waals surface area contributed by atoms with Crippen molar-refractivity contribution in [2.24, 2.45) is 0 Å². The Hall–Kier alpha value is -0.580. The third-order valence-corrected chi connectivity index (χ3v) is 3.34. The lowest BCUT2D eigenvalue weighted by molar-refractivity contribution is -0.120. The maximum Gasteiger partial charge on any atom is 0.233 e. The number of carbonyl (C=O) groups excluding carboxylic acids is 1. The highest BCUT2D eigenvalue weighted by atomic mass is 35.5. The quantitative estimate of drug-likeness (QED) is 0.826. The van der Waals surface area contributed by atoms with Crippen LogP contribution in [0.3, 0.4) is 0 Å². The molecule has 0 aromatic carbocycles. The third kappa shape index (κ3) is 4.51. The molecule has 0 aliphatic carbocycles. The van der Waals surface area contributed by atoms with Gasteiger partial charge in [-0.1, -0.05) is 18.5 Å². The summed E-state index contributed by atoms with van der Waals surface area (Å²) in [6.45, 7) is 5.13. The van der Waals surface area contributed by atoms with Crippen molar-refractivity contribution in [2.45, 2.75) is 26.3 Å². The highest BCUT2D eigenvalue weighted by Gasteiger charge is 2.08. The molecule has 0 saturated carbocycles. The zero-order valence-electron chi connectivity index (χ0n) is 9.55. The predicted octanol–water partition coefficient (Wildman–Crippen LogP) is 2.58. The van der Waals surface area contributed by atoms with Gasteiger partial charge in [0.25, 0.3) is 0 Å². The Bertz CT molecular complexity index is 340. The van der Waals surface area contributed by atoms with E-state index >= 15 is 0 Å². The third-order valence-electron chi connectivity index (χ3n) is 2.23. The first kappa shape index (κ1) is 13.5. The predicted molar refractivity (Wildman–Crippen MR) is 69.0 cm³/mol. The molecule has 1 heterocycles. The smallest absolute Gasteiger partial charge is 0.233 e. The molecular formula is C11H17ClN2OS. The van der Waals surface area contributed by atoms with E-state index in [1.807, 2.05) is 25.3 Å². The van der Waals surface area contributed by atoms with Crippen molar-refractivity contribution in [1.29, 1.82) is 0 Å². The summed E-state index contributed by atoms with van der Waals surface area (Å²) < 4.78 is 0.777. The molecule has 0 aliphatic rings. The van der Waals surface area contributed by atoms with Crippen molar-refractivity contribution in [1.82, 2.24) is 10.6 Å². The normalized spacial score (nSPS) is 12.4. The van der Waals surface area contributed by atoms with Crippen LogP contribution in [0.15, 0.2) is 11.4 Å². The van der Waals surface area contributed by atoms with Crippen molar-refractivity contribution < 1.29 is 4.79 Å². The van der Waals surface area contributed by atoms with Crippen LogP contribution in [0.4, 0.5) is 0 Å². The van der Waals surface area contributed by atoms with E-state index in [2.05, 4.69) is 10.6 Å². The first-order chi connectivity index (χ1) is 7.63. The average Bonchev–Trinajstić information content (AvgIpc) is 2.69. The van der Waals surface area contributed by atoms with E-state index in [1.54, 1.807) is 0 Å². The molecule has 0 aliphatic heterocycles. The summed E-state index contributed by atoms with van der Waals surface area (Å²) in [7, 11) is 0. The van der Waals surface area contributed by atoms with Crippen LogP contribution in [-0.2, 0) is 4.79 Å². The average molecular weight is 261 g/mol. The number of nitrogens with one attached hydrogen (secondary N) is 2. The van der Waals surface area contributed by atoms with Crippen LogP contribution in [0, 0.1) is 0 Å². The Labute approximate surface area is 105 Å². The van der Waals surface area contributed by atoms with Crippen LogP contribution in [-0.4, -0.2) is 19.0 Å². The Kier molecular flexibility index (Phi) is 5.80. The van der Waals surface area contributed by atoms with Gasteiger partial charge in [-0.15, -0.1) is 11.3 Å². The molecule has 2 N–H and O–H groups in total. The molecule has 90 valence electrons. The maximum absolute atomic E-state index is 11.3. The van der Waals surface area contributed by atoms with Gasteiger partial charge in [-0.2, -0.15) is 0 Å². The van der Waals surface area contributed by atoms with E-state index in [-0.39, 0.29) is 11.9 Å². The van der Waals surface area contributed by atoms with E-state index in [4.69, 9.17) is 11.6 Å². The van der Waals surface area contributed by atoms with E-state index in [1.165, 1.54) is 11.3 Å². The van der Waals surface area contributed by atoms with Crippen molar-refractivity contribution >= 4 is 28.8 Å². The molecule has 3 nitrogen and oxygen atoms in total. The molecule has 16 heavy (non-hydrogen) atoms. The van der Waals surface area contributed by atoms with Crippen LogP contribution >= 0.6 is 22.9 Å². The molecule has 1 rings (SSSR count). The molecule has 1 atom stereocenters. The summed E-state index contributed by atoms with van der Waals surface area (Å²) >= 11 is 7.35. The lowest BCUT2D eigenvalue weighted by Gasteiger charge is -2.12. The van der Waals surface area contributed by atoms with Gasteiger partial charge in [-0.25, -0.2) is 0 Å². The molecule has 0 saturated heterocycles. The zero-order valence-corrected chi connectivity index (χ0v) is 11.1. The number of halogens is 1. The Morgan fingerprint density at radius 1 is 1.62 bits per heavy atom. The molecule has 1 unspecified atom stereocenters. The molecule has 0 bridgehead atoms. The standard InChI is InChI=1S/C11H17ClN2OS/c1-3-4-13-11(15)6-14-8(2)9-5-10(12)16-7-9/h5,7-8,14H,3-4,6H2,1-2H3,(H,13,15). The van der Waals surface area contributed by atoms with Crippen molar-refractivity contribution in [3.63, 3.8) is 0 Å². The van der Waals surface area contributed by atoms with Crippen molar-refractivity contribution in [3.05, 3.63) is 21.3 Å². The molecule has 1 aromatic heterocycles. The molecule has 0 radical (unpaired) electrons. The van der Waals surface area contributed by atoms with Crippen LogP contribution < -0.4 is 10.6 Å². The fourth-order valence-corrected chi connectivity index (χ4v) is 2.23. The number of thiophene rings is 1. The maximum atomic E-state index is 11.3. The second-order valence-corrected chi connectivity index (χ2v) is 5.18. The van der Waals surface area contributed by atoms with E-state index in [0.29, 0.717) is 6.54 Å². The number of amides is 1. The van der Waals surface area contributed by atoms with E-state index < -0.39 is 0 Å². The first-order valence-electron chi connectivity index (χ1n) is 5.37. The topological polar surface area (TPSA) is 41.1 Å². The van der Waals surface area contributed by atoms with E-state index in [9.17, 15) is 4.79 Å².